The van der Waals surface area contributed by atoms with Crippen molar-refractivity contribution in [3.8, 4) is 0 Å². The molecule has 0 spiro atoms. The molecule has 0 radical (unpaired) electrons. The van der Waals surface area contributed by atoms with Gasteiger partial charge in [-0.2, -0.15) is 0 Å². The first-order valence-electron chi connectivity index (χ1n) is 9.03. The normalized spacial score (nSPS) is 12.3. The van der Waals surface area contributed by atoms with Gasteiger partial charge in [-0.1, -0.05) is 12.1 Å². The van der Waals surface area contributed by atoms with Gasteiger partial charge in [0.1, 0.15) is 6.04 Å². The maximum absolute atomic E-state index is 12.9. The number of para-hydroxylation sites is 2. The van der Waals surface area contributed by atoms with Crippen molar-refractivity contribution < 1.29 is 24.2 Å². The topological polar surface area (TPSA) is 152 Å². The predicted octanol–water partition coefficient (Wildman–Crippen LogP) is -0.314. The molecule has 1 amide bonds. The van der Waals surface area contributed by atoms with Crippen LogP contribution in [0.1, 0.15) is 18.9 Å². The maximum atomic E-state index is 12.9. The van der Waals surface area contributed by atoms with Crippen LogP contribution >= 0.6 is 0 Å². The second kappa shape index (κ2) is 10.6. The Morgan fingerprint density at radius 1 is 1.07 bits per heavy atom. The number of aromatic nitrogens is 2. The molecule has 2 rings (SSSR count). The Balaban J connectivity index is 2.21. The summed E-state index contributed by atoms with van der Waals surface area (Å²) < 4.78 is 13.4. The van der Waals surface area contributed by atoms with E-state index in [-0.39, 0.29) is 26.0 Å². The average molecular weight is 394 g/mol. The number of hydrogen-bond acceptors (Lipinski definition) is 6. The molecule has 0 saturated heterocycles. The van der Waals surface area contributed by atoms with E-state index < -0.39 is 23.6 Å². The Morgan fingerprint density at radius 2 is 1.71 bits per heavy atom. The molecule has 1 atom stereocenters. The highest BCUT2D eigenvalue weighted by atomic mass is 16.5. The fraction of sp³-hybridized carbons (Fsp3) is 0.500. The molecule has 0 saturated carbocycles. The molecule has 0 aliphatic rings. The number of hydrogen-bond donors (Lipinski definition) is 3. The van der Waals surface area contributed by atoms with Gasteiger partial charge in [0.15, 0.2) is 0 Å². The summed E-state index contributed by atoms with van der Waals surface area (Å²) in [6.45, 7) is 2.18. The number of nitrogens with zero attached hydrogens (tertiary/aromatic N) is 2. The molecular formula is C18H26N4O6. The van der Waals surface area contributed by atoms with Gasteiger partial charge in [-0.3, -0.25) is 13.9 Å². The summed E-state index contributed by atoms with van der Waals surface area (Å²) in [4.78, 5) is 35.8. The Kier molecular flexibility index (Phi) is 8.18. The van der Waals surface area contributed by atoms with Crippen molar-refractivity contribution in [2.75, 3.05) is 33.0 Å². The van der Waals surface area contributed by atoms with Crippen LogP contribution in [0.15, 0.2) is 29.1 Å². The van der Waals surface area contributed by atoms with E-state index >= 15 is 0 Å². The fourth-order valence-corrected chi connectivity index (χ4v) is 2.95. The van der Waals surface area contributed by atoms with E-state index in [2.05, 4.69) is 0 Å². The van der Waals surface area contributed by atoms with Crippen molar-refractivity contribution >= 4 is 22.9 Å². The van der Waals surface area contributed by atoms with Crippen LogP contribution in [-0.2, 0) is 25.6 Å². The molecule has 0 bridgehead atoms. The second-order valence-corrected chi connectivity index (χ2v) is 6.17. The SMILES string of the molecule is NCCOCCOCCn1c(=O)n(C(CCC(N)=O)C(=O)O)c2ccccc21. The minimum atomic E-state index is -1.19. The second-order valence-electron chi connectivity index (χ2n) is 6.17. The summed E-state index contributed by atoms with van der Waals surface area (Å²) in [5, 5.41) is 9.58. The minimum Gasteiger partial charge on any atom is -0.480 e. The minimum absolute atomic E-state index is 0.0619. The number of benzene rings is 1. The van der Waals surface area contributed by atoms with Crippen molar-refractivity contribution in [1.82, 2.24) is 9.13 Å². The van der Waals surface area contributed by atoms with Gasteiger partial charge < -0.3 is 26.0 Å². The average Bonchev–Trinajstić information content (AvgIpc) is 2.93. The number of imidazole rings is 1. The van der Waals surface area contributed by atoms with E-state index in [1.54, 1.807) is 24.3 Å². The van der Waals surface area contributed by atoms with Crippen LogP contribution in [0.2, 0.25) is 0 Å². The first-order chi connectivity index (χ1) is 13.5. The lowest BCUT2D eigenvalue weighted by Crippen LogP contribution is -2.32. The molecule has 1 aromatic heterocycles. The number of fused-ring (bicyclic) bond motifs is 1. The van der Waals surface area contributed by atoms with E-state index in [4.69, 9.17) is 20.9 Å². The summed E-state index contributed by atoms with van der Waals surface area (Å²) in [5.41, 5.74) is 11.1. The smallest absolute Gasteiger partial charge is 0.329 e. The van der Waals surface area contributed by atoms with E-state index in [0.717, 1.165) is 0 Å². The van der Waals surface area contributed by atoms with Gasteiger partial charge in [0.05, 0.1) is 44.0 Å². The first kappa shape index (κ1) is 21.6. The molecule has 5 N–H and O–H groups in total. The summed E-state index contributed by atoms with van der Waals surface area (Å²) in [6.07, 6.45) is -0.192. The van der Waals surface area contributed by atoms with Crippen molar-refractivity contribution in [3.63, 3.8) is 0 Å². The van der Waals surface area contributed by atoms with E-state index in [1.165, 1.54) is 9.13 Å². The number of carboxylic acid groups (broad SMARTS) is 1. The zero-order valence-corrected chi connectivity index (χ0v) is 15.6. The Morgan fingerprint density at radius 3 is 2.32 bits per heavy atom. The molecule has 28 heavy (non-hydrogen) atoms. The van der Waals surface area contributed by atoms with E-state index in [0.29, 0.717) is 37.4 Å². The zero-order chi connectivity index (χ0) is 20.5. The number of nitrogens with two attached hydrogens (primary N) is 2. The number of primary amides is 1. The van der Waals surface area contributed by atoms with Crippen LogP contribution in [0.25, 0.3) is 11.0 Å². The van der Waals surface area contributed by atoms with Gasteiger partial charge in [-0.25, -0.2) is 9.59 Å². The highest BCUT2D eigenvalue weighted by Crippen LogP contribution is 2.21. The molecule has 1 aromatic carbocycles. The van der Waals surface area contributed by atoms with Crippen LogP contribution in [0.3, 0.4) is 0 Å². The number of ether oxygens (including phenoxy) is 2. The van der Waals surface area contributed by atoms with E-state index in [1.807, 2.05) is 0 Å². The number of aliphatic carboxylic acids is 1. The number of rotatable bonds is 13. The number of carbonyl (C=O) groups excluding carboxylic acids is 1. The standard InChI is InChI=1S/C18H26N4O6/c19-7-9-27-11-12-28-10-8-21-13-3-1-2-4-14(13)22(18(21)26)15(17(24)25)5-6-16(20)23/h1-4,15H,5-12,19H2,(H2,20,23)(H,24,25). The molecule has 0 aliphatic heterocycles. The Labute approximate surface area is 161 Å². The maximum Gasteiger partial charge on any atom is 0.329 e. The number of amides is 1. The fourth-order valence-electron chi connectivity index (χ4n) is 2.95. The van der Waals surface area contributed by atoms with Gasteiger partial charge >= 0.3 is 11.7 Å². The molecule has 10 heteroatoms. The monoisotopic (exact) mass is 394 g/mol. The molecular weight excluding hydrogens is 368 g/mol. The van der Waals surface area contributed by atoms with Gasteiger partial charge in [0.25, 0.3) is 0 Å². The summed E-state index contributed by atoms with van der Waals surface area (Å²) in [6, 6.07) is 5.72. The van der Waals surface area contributed by atoms with Crippen LogP contribution in [0.5, 0.6) is 0 Å². The van der Waals surface area contributed by atoms with Crippen molar-refractivity contribution in [3.05, 3.63) is 34.7 Å². The highest BCUT2D eigenvalue weighted by molar-refractivity contribution is 5.81. The van der Waals surface area contributed by atoms with Crippen LogP contribution in [0, 0.1) is 0 Å². The van der Waals surface area contributed by atoms with Gasteiger partial charge in [0.2, 0.25) is 5.91 Å². The summed E-state index contributed by atoms with van der Waals surface area (Å²) >= 11 is 0. The molecule has 0 aliphatic carbocycles. The molecule has 1 heterocycles. The van der Waals surface area contributed by atoms with Crippen LogP contribution in [-0.4, -0.2) is 59.1 Å². The zero-order valence-electron chi connectivity index (χ0n) is 15.6. The lowest BCUT2D eigenvalue weighted by Gasteiger charge is -2.13. The quantitative estimate of drug-likeness (QED) is 0.394. The third-order valence-corrected chi connectivity index (χ3v) is 4.22. The van der Waals surface area contributed by atoms with Crippen molar-refractivity contribution in [2.45, 2.75) is 25.4 Å². The lowest BCUT2D eigenvalue weighted by molar-refractivity contribution is -0.141. The highest BCUT2D eigenvalue weighted by Gasteiger charge is 2.26. The molecule has 2 aromatic rings. The van der Waals surface area contributed by atoms with E-state index in [9.17, 15) is 19.5 Å². The first-order valence-corrected chi connectivity index (χ1v) is 9.03. The lowest BCUT2D eigenvalue weighted by atomic mass is 10.1. The van der Waals surface area contributed by atoms with Crippen LogP contribution < -0.4 is 17.2 Å². The molecule has 10 nitrogen and oxygen atoms in total. The largest absolute Gasteiger partial charge is 0.480 e. The van der Waals surface area contributed by atoms with Gasteiger partial charge in [-0.05, 0) is 18.6 Å². The molecule has 1 unspecified atom stereocenters. The Bertz CT molecular complexity index is 859. The summed E-state index contributed by atoms with van der Waals surface area (Å²) in [5.74, 6) is -1.81. The predicted molar refractivity (Wildman–Crippen MR) is 102 cm³/mol. The summed E-state index contributed by atoms with van der Waals surface area (Å²) in [7, 11) is 0. The van der Waals surface area contributed by atoms with Gasteiger partial charge in [-0.15, -0.1) is 0 Å². The number of carbonyl (C=O) groups is 2. The van der Waals surface area contributed by atoms with Crippen LogP contribution in [0.4, 0.5) is 0 Å². The van der Waals surface area contributed by atoms with Gasteiger partial charge in [0, 0.05) is 13.0 Å². The third kappa shape index (κ3) is 5.41. The molecule has 0 fully saturated rings. The number of carboxylic acids is 1. The third-order valence-electron chi connectivity index (χ3n) is 4.22. The molecule has 154 valence electrons. The van der Waals surface area contributed by atoms with Crippen molar-refractivity contribution in [1.29, 1.82) is 0 Å². The Hall–Kier alpha value is -2.69. The van der Waals surface area contributed by atoms with Crippen molar-refractivity contribution in [2.24, 2.45) is 11.5 Å².